The van der Waals surface area contributed by atoms with Gasteiger partial charge >= 0.3 is 52.8 Å². The molecule has 0 saturated heterocycles. The van der Waals surface area contributed by atoms with Gasteiger partial charge in [0, 0.05) is 0 Å². The van der Waals surface area contributed by atoms with Gasteiger partial charge < -0.3 is 15.1 Å². The second-order valence-corrected chi connectivity index (χ2v) is 0.307. The van der Waals surface area contributed by atoms with E-state index in [4.69, 9.17) is 15.1 Å². The molecule has 0 atom stereocenters. The Morgan fingerprint density at radius 3 is 1.60 bits per heavy atom. The number of rotatable bonds is 0. The van der Waals surface area contributed by atoms with Crippen molar-refractivity contribution in [3.8, 4) is 0 Å². The summed E-state index contributed by atoms with van der Waals surface area (Å²) in [5, 5.41) is 24.0. The molecule has 0 heterocycles. The Labute approximate surface area is 74.1 Å². The van der Waals surface area contributed by atoms with Crippen LogP contribution >= 0.6 is 0 Å². The van der Waals surface area contributed by atoms with Gasteiger partial charge in [0.2, 0.25) is 0 Å². The first-order valence-corrected chi connectivity index (χ1v) is 0.730. The smallest absolute Gasteiger partial charge is 0.871 e. The van der Waals surface area contributed by atoms with E-state index in [1.165, 1.54) is 0 Å². The molecule has 0 saturated carbocycles. The monoisotopic (exact) mass is 100.0 g/mol. The molecule has 0 radical (unpaired) electrons. The van der Waals surface area contributed by atoms with Gasteiger partial charge in [-0.3, -0.25) is 0 Å². The van der Waals surface area contributed by atoms with Crippen molar-refractivity contribution in [3.05, 3.63) is 0 Å². The molecule has 3 nitrogen and oxygen atoms in total. The molecule has 0 spiro atoms. The third kappa shape index (κ3) is 28.6. The molecular weight excluding hydrogens is 97.9 g/mol. The summed E-state index contributed by atoms with van der Waals surface area (Å²) in [5.74, 6) is 0. The summed E-state index contributed by atoms with van der Waals surface area (Å²) in [6, 6.07) is 0. The fourth-order valence-corrected chi connectivity index (χ4v) is 0. The Balaban J connectivity index is -0.0000000450. The van der Waals surface area contributed by atoms with E-state index in [0.717, 1.165) is 0 Å². The fraction of sp³-hybridized carbons (Fsp3) is 0. The van der Waals surface area contributed by atoms with Crippen LogP contribution in [0, 0.1) is 0 Å². The Kier molecular flexibility index (Phi) is 10.9. The first-order valence-electron chi connectivity index (χ1n) is 0.730. The van der Waals surface area contributed by atoms with Crippen LogP contribution in [0.25, 0.3) is 0 Å². The van der Waals surface area contributed by atoms with Crippen LogP contribution in [0.3, 0.4) is 0 Å². The molecule has 0 unspecified atom stereocenters. The van der Waals surface area contributed by atoms with Crippen molar-refractivity contribution in [2.75, 3.05) is 0 Å². The molecule has 0 aromatic rings. The van der Waals surface area contributed by atoms with Crippen LogP contribution in [0.4, 0.5) is 0 Å². The normalized spacial score (nSPS) is 5.40. The van der Waals surface area contributed by atoms with E-state index in [2.05, 4.69) is 0 Å². The van der Waals surface area contributed by atoms with E-state index in [-0.39, 0.29) is 52.8 Å². The quantitative estimate of drug-likeness (QED) is 0.308. The molecule has 0 fully saturated rings. The molecule has 0 aromatic heterocycles. The summed E-state index contributed by atoms with van der Waals surface area (Å²) in [4.78, 5) is 0. The number of hydrogen-bond donors (Lipinski definition) is 1. The molecular formula is H2BKO3. The van der Waals surface area contributed by atoms with Gasteiger partial charge in [0.05, 0.1) is 7.32 Å². The van der Waals surface area contributed by atoms with E-state index < -0.39 is 7.32 Å². The number of hydrogen-bond acceptors (Lipinski definition) is 3. The van der Waals surface area contributed by atoms with Crippen molar-refractivity contribution in [2.45, 2.75) is 0 Å². The predicted molar refractivity (Wildman–Crippen MR) is 9.08 cm³/mol. The van der Waals surface area contributed by atoms with Crippen molar-refractivity contribution >= 4 is 7.32 Å². The summed E-state index contributed by atoms with van der Waals surface area (Å²) < 4.78 is 0. The summed E-state index contributed by atoms with van der Waals surface area (Å²) in [5.41, 5.74) is 0. The summed E-state index contributed by atoms with van der Waals surface area (Å²) in [7, 11) is -2.67. The first-order chi connectivity index (χ1) is 1.73. The van der Waals surface area contributed by atoms with Gasteiger partial charge in [0.1, 0.15) is 0 Å². The fourth-order valence-electron chi connectivity index (χ4n) is 0. The maximum absolute atomic E-state index is 8.53. The molecule has 0 aromatic carbocycles. The standard InChI is InChI=1S/BHO3.K/c2-1(3)4;/h2H;/q-2;+1/p+1. The Hall–Kier alpha value is 1.58. The molecule has 0 amide bonds. The van der Waals surface area contributed by atoms with Crippen LogP contribution < -0.4 is 61.4 Å². The van der Waals surface area contributed by atoms with Crippen molar-refractivity contribution in [3.63, 3.8) is 0 Å². The van der Waals surface area contributed by atoms with E-state index in [1.54, 1.807) is 0 Å². The maximum Gasteiger partial charge on any atom is 1.00 e. The van der Waals surface area contributed by atoms with Gasteiger partial charge in [-0.05, 0) is 0 Å². The zero-order valence-electron chi connectivity index (χ0n) is 3.84. The Bertz CT molecular complexity index is 15.5. The topological polar surface area (TPSA) is 66.3 Å². The third-order valence-electron chi connectivity index (χ3n) is 0. The van der Waals surface area contributed by atoms with Gasteiger partial charge in [-0.15, -0.1) is 0 Å². The van der Waals surface area contributed by atoms with Crippen LogP contribution in [0.1, 0.15) is 1.43 Å². The second kappa shape index (κ2) is 5.58. The largest absolute Gasteiger partial charge is 1.00 e. The van der Waals surface area contributed by atoms with Gasteiger partial charge in [-0.25, -0.2) is 0 Å². The average molecular weight is 99.9 g/mol. The first kappa shape index (κ1) is 9.77. The third-order valence-corrected chi connectivity index (χ3v) is 0. The van der Waals surface area contributed by atoms with E-state index in [9.17, 15) is 0 Å². The van der Waals surface area contributed by atoms with Gasteiger partial charge in [0.25, 0.3) is 0 Å². The molecule has 0 aliphatic carbocycles. The van der Waals surface area contributed by atoms with E-state index in [0.29, 0.717) is 0 Å². The second-order valence-electron chi connectivity index (χ2n) is 0.307. The SMILES string of the molecule is [H+].[K+].[O-]B([O-])O. The van der Waals surface area contributed by atoms with Crippen LogP contribution in [-0.2, 0) is 0 Å². The molecule has 0 rings (SSSR count). The average Bonchev–Trinajstić information content (AvgIpc) is 0.811. The summed E-state index contributed by atoms with van der Waals surface area (Å²) >= 11 is 0. The zero-order valence-corrected chi connectivity index (χ0v) is 5.96. The van der Waals surface area contributed by atoms with Crippen LogP contribution in [0.5, 0.6) is 0 Å². The molecule has 0 bridgehead atoms. The molecule has 5 heteroatoms. The van der Waals surface area contributed by atoms with E-state index >= 15 is 0 Å². The van der Waals surface area contributed by atoms with Gasteiger partial charge in [-0.1, -0.05) is 0 Å². The van der Waals surface area contributed by atoms with Crippen molar-refractivity contribution in [1.29, 1.82) is 0 Å². The van der Waals surface area contributed by atoms with Gasteiger partial charge in [0.15, 0.2) is 0 Å². The molecule has 0 aliphatic rings. The minimum absolute atomic E-state index is 0. The van der Waals surface area contributed by atoms with Crippen LogP contribution in [-0.4, -0.2) is 12.3 Å². The van der Waals surface area contributed by atoms with Crippen LogP contribution in [0.15, 0.2) is 0 Å². The molecule has 1 N–H and O–H groups in total. The summed E-state index contributed by atoms with van der Waals surface area (Å²) in [6.07, 6.45) is 0. The minimum Gasteiger partial charge on any atom is -0.871 e. The van der Waals surface area contributed by atoms with Gasteiger partial charge in [-0.2, -0.15) is 0 Å². The van der Waals surface area contributed by atoms with Crippen LogP contribution in [0.2, 0.25) is 0 Å². The maximum atomic E-state index is 8.53. The Morgan fingerprint density at radius 1 is 1.60 bits per heavy atom. The predicted octanol–water partition coefficient (Wildman–Crippen LogP) is -6.20. The molecule has 24 valence electrons. The molecule has 5 heavy (non-hydrogen) atoms. The molecule has 0 aliphatic heterocycles. The van der Waals surface area contributed by atoms with Crippen molar-refractivity contribution in [1.82, 2.24) is 0 Å². The Morgan fingerprint density at radius 2 is 1.60 bits per heavy atom. The van der Waals surface area contributed by atoms with Crippen molar-refractivity contribution in [2.24, 2.45) is 0 Å². The zero-order chi connectivity index (χ0) is 3.58. The summed E-state index contributed by atoms with van der Waals surface area (Å²) in [6.45, 7) is 0. The van der Waals surface area contributed by atoms with Crippen molar-refractivity contribution < 1.29 is 67.9 Å². The van der Waals surface area contributed by atoms with E-state index in [1.807, 2.05) is 0 Å². The minimum atomic E-state index is -2.67.